The SMILES string of the molecule is CS(=O)(=O)Nc1ccccc1N1CCN(C(=O)[C@@H](Cc2ccc(Cl)cc2)NC(=O)[C@H]2Cc3ccccc3CN2C(=O)O)CC1. The number of hydrogen-bond acceptors (Lipinski definition) is 6. The summed E-state index contributed by atoms with van der Waals surface area (Å²) in [6.07, 6.45) is 0.286. The number of rotatable bonds is 8. The van der Waals surface area contributed by atoms with Gasteiger partial charge in [0.15, 0.2) is 0 Å². The third-order valence-corrected chi connectivity index (χ3v) is 8.74. The molecule has 2 aliphatic heterocycles. The third kappa shape index (κ3) is 7.43. The molecule has 3 aromatic carbocycles. The Bertz CT molecular complexity index is 1640. The summed E-state index contributed by atoms with van der Waals surface area (Å²) >= 11 is 6.07. The molecule has 44 heavy (non-hydrogen) atoms. The van der Waals surface area contributed by atoms with Gasteiger partial charge in [0.2, 0.25) is 21.8 Å². The molecule has 3 N–H and O–H groups in total. The van der Waals surface area contributed by atoms with Gasteiger partial charge in [-0.25, -0.2) is 13.2 Å². The Morgan fingerprint density at radius 1 is 0.932 bits per heavy atom. The predicted octanol–water partition coefficient (Wildman–Crippen LogP) is 3.19. The van der Waals surface area contributed by atoms with Crippen molar-refractivity contribution in [2.24, 2.45) is 0 Å². The van der Waals surface area contributed by atoms with E-state index < -0.39 is 34.1 Å². The van der Waals surface area contributed by atoms with Gasteiger partial charge < -0.3 is 20.2 Å². The van der Waals surface area contributed by atoms with E-state index in [0.717, 1.165) is 27.8 Å². The first-order valence-electron chi connectivity index (χ1n) is 14.2. The number of anilines is 2. The minimum atomic E-state index is -3.48. The maximum atomic E-state index is 13.9. The molecule has 2 atom stereocenters. The predicted molar refractivity (Wildman–Crippen MR) is 168 cm³/mol. The molecule has 11 nitrogen and oxygen atoms in total. The number of amides is 3. The van der Waals surface area contributed by atoms with E-state index in [-0.39, 0.29) is 25.3 Å². The van der Waals surface area contributed by atoms with Crippen molar-refractivity contribution in [3.8, 4) is 0 Å². The maximum absolute atomic E-state index is 13.9. The average Bonchev–Trinajstić information content (AvgIpc) is 3.00. The topological polar surface area (TPSA) is 139 Å². The van der Waals surface area contributed by atoms with Gasteiger partial charge in [-0.2, -0.15) is 0 Å². The zero-order valence-electron chi connectivity index (χ0n) is 24.1. The van der Waals surface area contributed by atoms with Crippen LogP contribution in [0.15, 0.2) is 72.8 Å². The molecule has 0 unspecified atom stereocenters. The highest BCUT2D eigenvalue weighted by atomic mass is 35.5. The van der Waals surface area contributed by atoms with Crippen molar-refractivity contribution in [1.82, 2.24) is 15.1 Å². The largest absolute Gasteiger partial charge is 0.465 e. The lowest BCUT2D eigenvalue weighted by atomic mass is 9.93. The minimum absolute atomic E-state index is 0.0804. The number of para-hydroxylation sites is 2. The third-order valence-electron chi connectivity index (χ3n) is 7.90. The molecule has 0 saturated carbocycles. The molecular weight excluding hydrogens is 606 g/mol. The fourth-order valence-corrected chi connectivity index (χ4v) is 6.40. The van der Waals surface area contributed by atoms with Crippen LogP contribution in [0, 0.1) is 0 Å². The summed E-state index contributed by atoms with van der Waals surface area (Å²) in [6.45, 7) is 1.66. The van der Waals surface area contributed by atoms with Gasteiger partial charge in [0, 0.05) is 44.0 Å². The highest BCUT2D eigenvalue weighted by molar-refractivity contribution is 7.92. The number of benzene rings is 3. The lowest BCUT2D eigenvalue weighted by Gasteiger charge is -2.39. The molecule has 2 heterocycles. The molecule has 3 amide bonds. The van der Waals surface area contributed by atoms with E-state index in [1.807, 2.05) is 41.3 Å². The number of nitrogens with zero attached hydrogens (tertiary/aromatic N) is 3. The van der Waals surface area contributed by atoms with E-state index in [2.05, 4.69) is 10.0 Å². The second-order valence-electron chi connectivity index (χ2n) is 11.0. The number of carbonyl (C=O) groups excluding carboxylic acids is 2. The first-order chi connectivity index (χ1) is 21.0. The number of carboxylic acid groups (broad SMARTS) is 1. The second kappa shape index (κ2) is 13.1. The van der Waals surface area contributed by atoms with Gasteiger partial charge in [0.1, 0.15) is 12.1 Å². The summed E-state index contributed by atoms with van der Waals surface area (Å²) < 4.78 is 26.3. The van der Waals surface area contributed by atoms with Crippen LogP contribution in [0.5, 0.6) is 0 Å². The number of nitrogens with one attached hydrogen (secondary N) is 2. The van der Waals surface area contributed by atoms with E-state index in [0.29, 0.717) is 42.6 Å². The highest BCUT2D eigenvalue weighted by Gasteiger charge is 2.37. The standard InChI is InChI=1S/C31H34ClN5O6S/c1-44(42,43)34-25-8-4-5-9-27(25)35-14-16-36(17-15-35)30(39)26(18-21-10-12-24(32)13-11-21)33-29(38)28-19-22-6-2-3-7-23(22)20-37(28)31(40)41/h2-13,26,28,34H,14-20H2,1H3,(H,33,38)(H,40,41)/t26-,28-/m1/s1. The number of hydrogen-bond donors (Lipinski definition) is 3. The van der Waals surface area contributed by atoms with Crippen molar-refractivity contribution in [3.63, 3.8) is 0 Å². The van der Waals surface area contributed by atoms with Crippen LogP contribution in [0.2, 0.25) is 5.02 Å². The number of sulfonamides is 1. The van der Waals surface area contributed by atoms with Crippen molar-refractivity contribution in [1.29, 1.82) is 0 Å². The van der Waals surface area contributed by atoms with Crippen LogP contribution in [0.3, 0.4) is 0 Å². The second-order valence-corrected chi connectivity index (χ2v) is 13.2. The zero-order chi connectivity index (χ0) is 31.4. The first kappa shape index (κ1) is 31.1. The summed E-state index contributed by atoms with van der Waals surface area (Å²) in [4.78, 5) is 44.6. The monoisotopic (exact) mass is 639 g/mol. The van der Waals surface area contributed by atoms with E-state index in [1.165, 1.54) is 0 Å². The molecule has 5 rings (SSSR count). The molecule has 232 valence electrons. The van der Waals surface area contributed by atoms with E-state index in [1.54, 1.807) is 41.3 Å². The molecule has 0 aromatic heterocycles. The van der Waals surface area contributed by atoms with E-state index >= 15 is 0 Å². The summed E-state index contributed by atoms with van der Waals surface area (Å²) in [7, 11) is -3.48. The van der Waals surface area contributed by atoms with Crippen molar-refractivity contribution in [3.05, 3.63) is 94.5 Å². The number of halogens is 1. The molecular formula is C31H34ClN5O6S. The normalized spacial score (nSPS) is 17.4. The first-order valence-corrected chi connectivity index (χ1v) is 16.5. The van der Waals surface area contributed by atoms with Crippen molar-refractivity contribution < 1.29 is 27.9 Å². The van der Waals surface area contributed by atoms with Gasteiger partial charge >= 0.3 is 6.09 Å². The molecule has 1 fully saturated rings. The highest BCUT2D eigenvalue weighted by Crippen LogP contribution is 2.28. The van der Waals surface area contributed by atoms with E-state index in [9.17, 15) is 27.9 Å². The number of carbonyl (C=O) groups is 3. The van der Waals surface area contributed by atoms with Gasteiger partial charge in [0.05, 0.1) is 24.2 Å². The molecule has 1 saturated heterocycles. The summed E-state index contributed by atoms with van der Waals surface area (Å²) in [5.41, 5.74) is 3.70. The van der Waals surface area contributed by atoms with Gasteiger partial charge in [0.25, 0.3) is 0 Å². The summed E-state index contributed by atoms with van der Waals surface area (Å²) in [5, 5.41) is 13.3. The molecule has 13 heteroatoms. The Hall–Kier alpha value is -4.29. The molecule has 3 aromatic rings. The van der Waals surface area contributed by atoms with E-state index in [4.69, 9.17) is 11.6 Å². The smallest absolute Gasteiger partial charge is 0.408 e. The Labute approximate surface area is 261 Å². The van der Waals surface area contributed by atoms with Gasteiger partial charge in [-0.05, 0) is 41.0 Å². The fraction of sp³-hybridized carbons (Fsp3) is 0.323. The zero-order valence-corrected chi connectivity index (χ0v) is 25.7. The molecule has 0 spiro atoms. The lowest BCUT2D eigenvalue weighted by molar-refractivity contribution is -0.138. The Morgan fingerprint density at radius 3 is 2.23 bits per heavy atom. The molecule has 0 radical (unpaired) electrons. The quantitative estimate of drug-likeness (QED) is 0.344. The van der Waals surface area contributed by atoms with Gasteiger partial charge in [-0.1, -0.05) is 60.1 Å². The lowest BCUT2D eigenvalue weighted by Crippen LogP contribution is -2.59. The van der Waals surface area contributed by atoms with Crippen molar-refractivity contribution in [2.75, 3.05) is 42.1 Å². The number of fused-ring (bicyclic) bond motifs is 1. The van der Waals surface area contributed by atoms with Crippen LogP contribution in [-0.2, 0) is 39.0 Å². The van der Waals surface area contributed by atoms with Crippen LogP contribution in [0.1, 0.15) is 16.7 Å². The van der Waals surface area contributed by atoms with Crippen molar-refractivity contribution >= 4 is 50.9 Å². The maximum Gasteiger partial charge on any atom is 0.408 e. The van der Waals surface area contributed by atoms with Gasteiger partial charge in [-0.15, -0.1) is 0 Å². The molecule has 0 bridgehead atoms. The Morgan fingerprint density at radius 2 is 1.57 bits per heavy atom. The minimum Gasteiger partial charge on any atom is -0.465 e. The van der Waals surface area contributed by atoms with Crippen LogP contribution in [0.25, 0.3) is 0 Å². The van der Waals surface area contributed by atoms with Crippen LogP contribution in [-0.4, -0.2) is 85.8 Å². The van der Waals surface area contributed by atoms with Crippen molar-refractivity contribution in [2.45, 2.75) is 31.5 Å². The number of piperazine rings is 1. The van der Waals surface area contributed by atoms with Crippen LogP contribution < -0.4 is 14.9 Å². The summed E-state index contributed by atoms with van der Waals surface area (Å²) in [6, 6.07) is 19.6. The molecule has 0 aliphatic carbocycles. The van der Waals surface area contributed by atoms with Gasteiger partial charge in [-0.3, -0.25) is 19.2 Å². The van der Waals surface area contributed by atoms with Crippen LogP contribution in [0.4, 0.5) is 16.2 Å². The molecule has 2 aliphatic rings. The Balaban J connectivity index is 1.33. The Kier molecular flexibility index (Phi) is 9.31. The average molecular weight is 640 g/mol. The van der Waals surface area contributed by atoms with Crippen LogP contribution >= 0.6 is 11.6 Å². The summed E-state index contributed by atoms with van der Waals surface area (Å²) in [5.74, 6) is -0.817. The fourth-order valence-electron chi connectivity index (χ4n) is 5.71.